The van der Waals surface area contributed by atoms with Gasteiger partial charge in [-0.25, -0.2) is 4.39 Å². The standard InChI is InChI=1S/C13H20ClFN2/c1-3-4-7-17(2)13(9-16)10-5-6-11(14)12(15)8-10/h5-6,8,13H,3-4,7,9,16H2,1-2H3. The summed E-state index contributed by atoms with van der Waals surface area (Å²) in [6, 6.07) is 4.95. The van der Waals surface area contributed by atoms with E-state index in [0.717, 1.165) is 24.9 Å². The highest BCUT2D eigenvalue weighted by molar-refractivity contribution is 6.30. The second-order valence-corrected chi connectivity index (χ2v) is 4.67. The van der Waals surface area contributed by atoms with Crippen molar-refractivity contribution in [2.24, 2.45) is 5.73 Å². The van der Waals surface area contributed by atoms with Gasteiger partial charge < -0.3 is 5.73 Å². The lowest BCUT2D eigenvalue weighted by Gasteiger charge is -2.27. The Balaban J connectivity index is 2.81. The summed E-state index contributed by atoms with van der Waals surface area (Å²) in [5, 5.41) is 0.153. The quantitative estimate of drug-likeness (QED) is 0.849. The van der Waals surface area contributed by atoms with Crippen LogP contribution in [-0.2, 0) is 0 Å². The van der Waals surface area contributed by atoms with Crippen molar-refractivity contribution < 1.29 is 4.39 Å². The molecule has 4 heteroatoms. The van der Waals surface area contributed by atoms with Crippen LogP contribution in [0.5, 0.6) is 0 Å². The number of halogens is 2. The minimum atomic E-state index is -0.383. The molecule has 0 spiro atoms. The lowest BCUT2D eigenvalue weighted by Crippen LogP contribution is -2.31. The van der Waals surface area contributed by atoms with Gasteiger partial charge in [-0.05, 0) is 37.7 Å². The van der Waals surface area contributed by atoms with E-state index in [0.29, 0.717) is 6.54 Å². The van der Waals surface area contributed by atoms with Crippen molar-refractivity contribution in [3.63, 3.8) is 0 Å². The van der Waals surface area contributed by atoms with Gasteiger partial charge in [-0.2, -0.15) is 0 Å². The Morgan fingerprint density at radius 1 is 1.47 bits per heavy atom. The minimum Gasteiger partial charge on any atom is -0.329 e. The molecule has 1 unspecified atom stereocenters. The Hall–Kier alpha value is -0.640. The molecule has 1 rings (SSSR count). The highest BCUT2D eigenvalue weighted by Gasteiger charge is 2.16. The molecule has 0 aromatic heterocycles. The molecule has 1 aromatic carbocycles. The van der Waals surface area contributed by atoms with Crippen LogP contribution in [0.2, 0.25) is 5.02 Å². The highest BCUT2D eigenvalue weighted by Crippen LogP contribution is 2.23. The Labute approximate surface area is 108 Å². The largest absolute Gasteiger partial charge is 0.329 e. The molecule has 0 aliphatic heterocycles. The monoisotopic (exact) mass is 258 g/mol. The topological polar surface area (TPSA) is 29.3 Å². The van der Waals surface area contributed by atoms with Gasteiger partial charge in [0.1, 0.15) is 5.82 Å². The molecule has 0 radical (unpaired) electrons. The summed E-state index contributed by atoms with van der Waals surface area (Å²) in [4.78, 5) is 2.16. The maximum Gasteiger partial charge on any atom is 0.142 e. The molecular formula is C13H20ClFN2. The molecule has 1 atom stereocenters. The zero-order valence-electron chi connectivity index (χ0n) is 10.4. The predicted molar refractivity (Wildman–Crippen MR) is 70.7 cm³/mol. The molecule has 96 valence electrons. The van der Waals surface area contributed by atoms with Crippen LogP contribution in [0.25, 0.3) is 0 Å². The number of benzene rings is 1. The molecule has 1 aromatic rings. The van der Waals surface area contributed by atoms with Crippen LogP contribution >= 0.6 is 11.6 Å². The second kappa shape index (κ2) is 6.94. The number of likely N-dealkylation sites (N-methyl/N-ethyl adjacent to an activating group) is 1. The van der Waals surface area contributed by atoms with Gasteiger partial charge in [-0.15, -0.1) is 0 Å². The first-order valence-electron chi connectivity index (χ1n) is 5.95. The fourth-order valence-electron chi connectivity index (χ4n) is 1.85. The average Bonchev–Trinajstić information content (AvgIpc) is 2.32. The zero-order valence-corrected chi connectivity index (χ0v) is 11.2. The molecular weight excluding hydrogens is 239 g/mol. The van der Waals surface area contributed by atoms with Crippen molar-refractivity contribution >= 4 is 11.6 Å². The third-order valence-electron chi connectivity index (χ3n) is 2.95. The highest BCUT2D eigenvalue weighted by atomic mass is 35.5. The van der Waals surface area contributed by atoms with E-state index in [1.807, 2.05) is 13.1 Å². The number of hydrogen-bond donors (Lipinski definition) is 1. The van der Waals surface area contributed by atoms with Gasteiger partial charge in [0.25, 0.3) is 0 Å². The molecule has 0 saturated carbocycles. The van der Waals surface area contributed by atoms with E-state index in [1.165, 1.54) is 6.07 Å². The third-order valence-corrected chi connectivity index (χ3v) is 3.25. The van der Waals surface area contributed by atoms with Gasteiger partial charge in [0.05, 0.1) is 5.02 Å². The van der Waals surface area contributed by atoms with Gasteiger partial charge >= 0.3 is 0 Å². The molecule has 17 heavy (non-hydrogen) atoms. The molecule has 2 N–H and O–H groups in total. The number of nitrogens with two attached hydrogens (primary N) is 1. The Morgan fingerprint density at radius 2 is 2.18 bits per heavy atom. The summed E-state index contributed by atoms with van der Waals surface area (Å²) in [5.41, 5.74) is 6.65. The van der Waals surface area contributed by atoms with Crippen LogP contribution in [0.4, 0.5) is 4.39 Å². The Morgan fingerprint density at radius 3 is 2.71 bits per heavy atom. The molecule has 0 heterocycles. The van der Waals surface area contributed by atoms with Crippen LogP contribution < -0.4 is 5.73 Å². The van der Waals surface area contributed by atoms with Gasteiger partial charge in [0.15, 0.2) is 0 Å². The minimum absolute atomic E-state index is 0.0494. The third kappa shape index (κ3) is 3.95. The summed E-state index contributed by atoms with van der Waals surface area (Å²) in [6.07, 6.45) is 2.25. The molecule has 0 fully saturated rings. The smallest absolute Gasteiger partial charge is 0.142 e. The molecule has 0 aliphatic carbocycles. The first-order valence-corrected chi connectivity index (χ1v) is 6.33. The molecule has 0 amide bonds. The average molecular weight is 259 g/mol. The van der Waals surface area contributed by atoms with E-state index < -0.39 is 0 Å². The van der Waals surface area contributed by atoms with Gasteiger partial charge in [0, 0.05) is 12.6 Å². The number of unbranched alkanes of at least 4 members (excludes halogenated alkanes) is 1. The van der Waals surface area contributed by atoms with Gasteiger partial charge in [-0.1, -0.05) is 31.0 Å². The molecule has 0 saturated heterocycles. The first-order chi connectivity index (χ1) is 8.10. The van der Waals surface area contributed by atoms with Crippen LogP contribution in [0.1, 0.15) is 31.4 Å². The van der Waals surface area contributed by atoms with E-state index in [-0.39, 0.29) is 16.9 Å². The molecule has 0 aliphatic rings. The van der Waals surface area contributed by atoms with E-state index in [4.69, 9.17) is 17.3 Å². The van der Waals surface area contributed by atoms with Crippen LogP contribution in [0.3, 0.4) is 0 Å². The van der Waals surface area contributed by atoms with Crippen molar-refractivity contribution in [1.82, 2.24) is 4.90 Å². The van der Waals surface area contributed by atoms with E-state index >= 15 is 0 Å². The lowest BCUT2D eigenvalue weighted by atomic mass is 10.1. The van der Waals surface area contributed by atoms with Gasteiger partial charge in [0.2, 0.25) is 0 Å². The van der Waals surface area contributed by atoms with Gasteiger partial charge in [-0.3, -0.25) is 4.90 Å². The summed E-state index contributed by atoms with van der Waals surface area (Å²) >= 11 is 5.67. The number of rotatable bonds is 6. The van der Waals surface area contributed by atoms with Crippen LogP contribution in [0.15, 0.2) is 18.2 Å². The summed E-state index contributed by atoms with van der Waals surface area (Å²) < 4.78 is 13.4. The maximum atomic E-state index is 13.4. The van der Waals surface area contributed by atoms with E-state index in [1.54, 1.807) is 6.07 Å². The summed E-state index contributed by atoms with van der Waals surface area (Å²) in [6.45, 7) is 3.58. The van der Waals surface area contributed by atoms with Crippen LogP contribution in [0, 0.1) is 5.82 Å². The Kier molecular flexibility index (Phi) is 5.89. The molecule has 0 bridgehead atoms. The van der Waals surface area contributed by atoms with Crippen LogP contribution in [-0.4, -0.2) is 25.0 Å². The van der Waals surface area contributed by atoms with Crippen molar-refractivity contribution in [2.45, 2.75) is 25.8 Å². The molecule has 2 nitrogen and oxygen atoms in total. The van der Waals surface area contributed by atoms with E-state index in [9.17, 15) is 4.39 Å². The fourth-order valence-corrected chi connectivity index (χ4v) is 1.97. The van der Waals surface area contributed by atoms with Crippen molar-refractivity contribution in [3.05, 3.63) is 34.6 Å². The second-order valence-electron chi connectivity index (χ2n) is 4.26. The predicted octanol–water partition coefficient (Wildman–Crippen LogP) is 3.21. The lowest BCUT2D eigenvalue weighted by molar-refractivity contribution is 0.246. The number of hydrogen-bond acceptors (Lipinski definition) is 2. The summed E-state index contributed by atoms with van der Waals surface area (Å²) in [7, 11) is 2.01. The Bertz CT molecular complexity index is 357. The first kappa shape index (κ1) is 14.4. The van der Waals surface area contributed by atoms with Crippen molar-refractivity contribution in [2.75, 3.05) is 20.1 Å². The van der Waals surface area contributed by atoms with E-state index in [2.05, 4.69) is 11.8 Å². The maximum absolute atomic E-state index is 13.4. The zero-order chi connectivity index (χ0) is 12.8. The van der Waals surface area contributed by atoms with Crippen molar-refractivity contribution in [3.8, 4) is 0 Å². The van der Waals surface area contributed by atoms with Crippen molar-refractivity contribution in [1.29, 1.82) is 0 Å². The SMILES string of the molecule is CCCCN(C)C(CN)c1ccc(Cl)c(F)c1. The summed E-state index contributed by atoms with van der Waals surface area (Å²) in [5.74, 6) is -0.383. The number of nitrogens with zero attached hydrogens (tertiary/aromatic N) is 1. The normalized spacial score (nSPS) is 13.1. The fraction of sp³-hybridized carbons (Fsp3) is 0.538.